The molecular formula is C18H15NO2. The van der Waals surface area contributed by atoms with E-state index in [0.717, 1.165) is 35.6 Å². The molecule has 0 unspecified atom stereocenters. The Hall–Kier alpha value is -2.55. The van der Waals surface area contributed by atoms with Crippen LogP contribution in [0.3, 0.4) is 0 Å². The lowest BCUT2D eigenvalue weighted by atomic mass is 9.88. The summed E-state index contributed by atoms with van der Waals surface area (Å²) in [4.78, 5) is 0. The van der Waals surface area contributed by atoms with Gasteiger partial charge in [-0.05, 0) is 42.7 Å². The van der Waals surface area contributed by atoms with Crippen molar-refractivity contribution in [3.05, 3.63) is 59.7 Å². The number of methoxy groups -OCH3 is 1. The van der Waals surface area contributed by atoms with Crippen molar-refractivity contribution in [1.29, 1.82) is 0 Å². The Bertz CT molecular complexity index is 787. The number of nitrogens with zero attached hydrogens (tertiary/aromatic N) is 1. The van der Waals surface area contributed by atoms with Crippen molar-refractivity contribution >= 4 is 0 Å². The van der Waals surface area contributed by atoms with E-state index >= 15 is 0 Å². The van der Waals surface area contributed by atoms with Crippen LogP contribution in [0.2, 0.25) is 0 Å². The summed E-state index contributed by atoms with van der Waals surface area (Å²) in [7, 11) is 1.67. The van der Waals surface area contributed by atoms with Crippen LogP contribution in [0.5, 0.6) is 5.75 Å². The Morgan fingerprint density at radius 3 is 2.62 bits per heavy atom. The highest BCUT2D eigenvalue weighted by Gasteiger charge is 2.24. The highest BCUT2D eigenvalue weighted by Crippen LogP contribution is 2.38. The largest absolute Gasteiger partial charge is 0.497 e. The summed E-state index contributed by atoms with van der Waals surface area (Å²) in [5.41, 5.74) is 5.78. The van der Waals surface area contributed by atoms with Gasteiger partial charge in [0.1, 0.15) is 11.4 Å². The fourth-order valence-corrected chi connectivity index (χ4v) is 2.95. The van der Waals surface area contributed by atoms with Gasteiger partial charge in [-0.15, -0.1) is 0 Å². The van der Waals surface area contributed by atoms with Crippen molar-refractivity contribution in [2.75, 3.05) is 7.11 Å². The van der Waals surface area contributed by atoms with Gasteiger partial charge in [-0.25, -0.2) is 0 Å². The first-order valence-electron chi connectivity index (χ1n) is 7.08. The number of fused-ring (bicyclic) bond motifs is 3. The number of aryl methyl sites for hydroxylation is 1. The van der Waals surface area contributed by atoms with Gasteiger partial charge in [0.2, 0.25) is 0 Å². The van der Waals surface area contributed by atoms with Crippen molar-refractivity contribution in [2.24, 2.45) is 0 Å². The van der Waals surface area contributed by atoms with Crippen LogP contribution in [0, 0.1) is 0 Å². The Morgan fingerprint density at radius 1 is 1.00 bits per heavy atom. The highest BCUT2D eigenvalue weighted by atomic mass is 16.5. The molecule has 3 aromatic rings. The molecule has 0 bridgehead atoms. The van der Waals surface area contributed by atoms with Crippen LogP contribution in [-0.4, -0.2) is 12.3 Å². The summed E-state index contributed by atoms with van der Waals surface area (Å²) in [6.07, 6.45) is 2.00. The zero-order valence-corrected chi connectivity index (χ0v) is 11.8. The predicted octanol–water partition coefficient (Wildman–Crippen LogP) is 4.12. The summed E-state index contributed by atoms with van der Waals surface area (Å²) >= 11 is 0. The topological polar surface area (TPSA) is 35.3 Å². The normalized spacial score (nSPS) is 12.6. The van der Waals surface area contributed by atoms with Gasteiger partial charge >= 0.3 is 0 Å². The molecule has 0 radical (unpaired) electrons. The van der Waals surface area contributed by atoms with Gasteiger partial charge in [0, 0.05) is 16.7 Å². The first kappa shape index (κ1) is 12.2. The molecule has 1 aromatic heterocycles. The molecule has 0 saturated heterocycles. The van der Waals surface area contributed by atoms with Crippen LogP contribution in [-0.2, 0) is 12.8 Å². The van der Waals surface area contributed by atoms with Crippen LogP contribution in [0.25, 0.3) is 22.6 Å². The van der Waals surface area contributed by atoms with Crippen LogP contribution in [0.4, 0.5) is 0 Å². The van der Waals surface area contributed by atoms with E-state index in [9.17, 15) is 0 Å². The van der Waals surface area contributed by atoms with E-state index in [0.29, 0.717) is 0 Å². The van der Waals surface area contributed by atoms with Crippen molar-refractivity contribution in [2.45, 2.75) is 12.8 Å². The molecule has 4 rings (SSSR count). The molecule has 1 heterocycles. The minimum atomic E-state index is 0.845. The minimum Gasteiger partial charge on any atom is -0.497 e. The molecule has 2 aromatic carbocycles. The van der Waals surface area contributed by atoms with Gasteiger partial charge in [0.05, 0.1) is 7.11 Å². The standard InChI is InChI=1S/C18H15NO2/c1-20-14-9-6-13(7-10-14)18-16-11-8-12-4-2-3-5-15(12)17(16)19-21-18/h2-7,9-10H,8,11H2,1H3. The Morgan fingerprint density at radius 2 is 1.81 bits per heavy atom. The molecule has 0 saturated carbocycles. The fraction of sp³-hybridized carbons (Fsp3) is 0.167. The SMILES string of the molecule is COc1ccc(-c2onc3c2CCc2ccccc2-3)cc1. The maximum Gasteiger partial charge on any atom is 0.170 e. The lowest BCUT2D eigenvalue weighted by Gasteiger charge is -2.14. The van der Waals surface area contributed by atoms with E-state index in [2.05, 4.69) is 29.4 Å². The summed E-state index contributed by atoms with van der Waals surface area (Å²) in [5, 5.41) is 4.31. The van der Waals surface area contributed by atoms with Gasteiger partial charge in [-0.2, -0.15) is 0 Å². The molecule has 0 aliphatic heterocycles. The van der Waals surface area contributed by atoms with Crippen molar-refractivity contribution in [3.8, 4) is 28.3 Å². The molecule has 0 atom stereocenters. The van der Waals surface area contributed by atoms with E-state index in [1.807, 2.05) is 24.3 Å². The van der Waals surface area contributed by atoms with E-state index in [1.165, 1.54) is 16.7 Å². The maximum absolute atomic E-state index is 5.64. The van der Waals surface area contributed by atoms with Gasteiger partial charge in [0.25, 0.3) is 0 Å². The van der Waals surface area contributed by atoms with Gasteiger partial charge in [-0.3, -0.25) is 0 Å². The molecular weight excluding hydrogens is 262 g/mol. The smallest absolute Gasteiger partial charge is 0.170 e. The van der Waals surface area contributed by atoms with Crippen LogP contribution in [0.1, 0.15) is 11.1 Å². The van der Waals surface area contributed by atoms with Crippen LogP contribution in [0.15, 0.2) is 53.1 Å². The molecule has 0 amide bonds. The zero-order chi connectivity index (χ0) is 14.2. The molecule has 3 nitrogen and oxygen atoms in total. The summed E-state index contributed by atoms with van der Waals surface area (Å²) in [6, 6.07) is 16.3. The summed E-state index contributed by atoms with van der Waals surface area (Å²) < 4.78 is 10.8. The highest BCUT2D eigenvalue weighted by molar-refractivity contribution is 5.76. The quantitative estimate of drug-likeness (QED) is 0.707. The number of rotatable bonds is 2. The first-order valence-corrected chi connectivity index (χ1v) is 7.08. The van der Waals surface area contributed by atoms with Gasteiger partial charge < -0.3 is 9.26 Å². The maximum atomic E-state index is 5.64. The van der Waals surface area contributed by atoms with E-state index in [4.69, 9.17) is 9.26 Å². The zero-order valence-electron chi connectivity index (χ0n) is 11.8. The molecule has 0 N–H and O–H groups in total. The Kier molecular flexibility index (Phi) is 2.78. The predicted molar refractivity (Wildman–Crippen MR) is 81.3 cm³/mol. The lowest BCUT2D eigenvalue weighted by molar-refractivity contribution is 0.414. The molecule has 1 aliphatic carbocycles. The molecule has 21 heavy (non-hydrogen) atoms. The third-order valence-corrected chi connectivity index (χ3v) is 4.06. The van der Waals surface area contributed by atoms with Crippen molar-refractivity contribution in [3.63, 3.8) is 0 Å². The van der Waals surface area contributed by atoms with E-state index in [1.54, 1.807) is 7.11 Å². The van der Waals surface area contributed by atoms with Crippen LogP contribution < -0.4 is 4.74 Å². The molecule has 0 spiro atoms. The number of aromatic nitrogens is 1. The molecule has 104 valence electrons. The van der Waals surface area contributed by atoms with Crippen LogP contribution >= 0.6 is 0 Å². The second kappa shape index (κ2) is 4.77. The average Bonchev–Trinajstić information content (AvgIpc) is 2.99. The third-order valence-electron chi connectivity index (χ3n) is 4.06. The van der Waals surface area contributed by atoms with Crippen molar-refractivity contribution < 1.29 is 9.26 Å². The average molecular weight is 277 g/mol. The minimum absolute atomic E-state index is 0.845. The Labute approximate surface area is 123 Å². The first-order chi connectivity index (χ1) is 10.4. The van der Waals surface area contributed by atoms with E-state index < -0.39 is 0 Å². The molecule has 3 heteroatoms. The number of hydrogen-bond donors (Lipinski definition) is 0. The summed E-state index contributed by atoms with van der Waals surface area (Å²) in [5.74, 6) is 1.72. The number of benzene rings is 2. The summed E-state index contributed by atoms with van der Waals surface area (Å²) in [6.45, 7) is 0. The second-order valence-electron chi connectivity index (χ2n) is 5.22. The van der Waals surface area contributed by atoms with Gasteiger partial charge in [0.15, 0.2) is 5.76 Å². The van der Waals surface area contributed by atoms with Crippen molar-refractivity contribution in [1.82, 2.24) is 5.16 Å². The third kappa shape index (κ3) is 1.93. The molecule has 0 fully saturated rings. The molecule has 1 aliphatic rings. The lowest BCUT2D eigenvalue weighted by Crippen LogP contribution is -2.03. The monoisotopic (exact) mass is 277 g/mol. The van der Waals surface area contributed by atoms with E-state index in [-0.39, 0.29) is 0 Å². The fourth-order valence-electron chi connectivity index (χ4n) is 2.95. The second-order valence-corrected chi connectivity index (χ2v) is 5.22. The van der Waals surface area contributed by atoms with Gasteiger partial charge in [-0.1, -0.05) is 29.4 Å². The number of ether oxygens (including phenoxy) is 1. The Balaban J connectivity index is 1.82. The number of hydrogen-bond acceptors (Lipinski definition) is 3.